The number of likely N-dealkylation sites (tertiary alicyclic amines) is 1. The highest BCUT2D eigenvalue weighted by atomic mass is 79.9. The molecule has 1 saturated heterocycles. The van der Waals surface area contributed by atoms with Gasteiger partial charge in [0.1, 0.15) is 0 Å². The van der Waals surface area contributed by atoms with Crippen molar-refractivity contribution in [3.05, 3.63) is 28.2 Å². The lowest BCUT2D eigenvalue weighted by Gasteiger charge is -2.15. The van der Waals surface area contributed by atoms with Crippen molar-refractivity contribution in [3.8, 4) is 0 Å². The minimum atomic E-state index is -3.57. The molecule has 1 aromatic carbocycles. The second kappa shape index (κ2) is 7.22. The molecule has 2 aliphatic carbocycles. The molecule has 2 N–H and O–H groups in total. The van der Waals surface area contributed by atoms with Gasteiger partial charge in [0, 0.05) is 29.6 Å². The fourth-order valence-corrected chi connectivity index (χ4v) is 5.22. The molecule has 8 heteroatoms. The molecule has 2 saturated carbocycles. The van der Waals surface area contributed by atoms with Gasteiger partial charge in [0.25, 0.3) is 5.91 Å². The summed E-state index contributed by atoms with van der Waals surface area (Å²) in [6.45, 7) is 2.80. The zero-order valence-corrected chi connectivity index (χ0v) is 17.0. The van der Waals surface area contributed by atoms with E-state index in [-0.39, 0.29) is 16.8 Å². The molecule has 1 heterocycles. The van der Waals surface area contributed by atoms with E-state index in [0.717, 1.165) is 38.4 Å². The Kier molecular flexibility index (Phi) is 5.11. The molecule has 142 valence electrons. The molecule has 0 unspecified atom stereocenters. The van der Waals surface area contributed by atoms with E-state index in [1.165, 1.54) is 25.0 Å². The third-order valence-corrected chi connectivity index (χ3v) is 7.53. The Bertz CT molecular complexity index is 806. The molecule has 3 aliphatic rings. The second-order valence-electron chi connectivity index (χ2n) is 7.63. The third kappa shape index (κ3) is 4.30. The van der Waals surface area contributed by atoms with Gasteiger partial charge in [-0.1, -0.05) is 0 Å². The average Bonchev–Trinajstić information content (AvgIpc) is 3.54. The van der Waals surface area contributed by atoms with Crippen molar-refractivity contribution < 1.29 is 13.2 Å². The van der Waals surface area contributed by atoms with Gasteiger partial charge in [-0.05, 0) is 78.7 Å². The van der Waals surface area contributed by atoms with Crippen LogP contribution in [0.1, 0.15) is 42.5 Å². The van der Waals surface area contributed by atoms with Gasteiger partial charge in [-0.2, -0.15) is 0 Å². The smallest absolute Gasteiger partial charge is 0.252 e. The van der Waals surface area contributed by atoms with Crippen LogP contribution in [0.25, 0.3) is 0 Å². The molecule has 0 aromatic heterocycles. The largest absolute Gasteiger partial charge is 0.352 e. The van der Waals surface area contributed by atoms with Crippen molar-refractivity contribution in [2.45, 2.75) is 49.1 Å². The molecule has 0 spiro atoms. The number of nitrogens with one attached hydrogen (secondary N) is 2. The molecule has 1 aromatic rings. The van der Waals surface area contributed by atoms with Crippen molar-refractivity contribution in [2.75, 3.05) is 19.6 Å². The Labute approximate surface area is 162 Å². The summed E-state index contributed by atoms with van der Waals surface area (Å²) >= 11 is 3.37. The number of carbonyl (C=O) groups excluding carboxylic acids is 1. The fraction of sp³-hybridized carbons (Fsp3) is 0.611. The van der Waals surface area contributed by atoms with Gasteiger partial charge in [0.15, 0.2) is 0 Å². The quantitative estimate of drug-likeness (QED) is 0.678. The first-order valence-corrected chi connectivity index (χ1v) is 11.5. The maximum atomic E-state index is 12.6. The van der Waals surface area contributed by atoms with Crippen LogP contribution in [-0.2, 0) is 10.0 Å². The standard InChI is InChI=1S/C18H24BrN3O3S/c19-17-6-5-15(26(24,25)21-13-1-2-13)9-16(17)18(23)20-10-12-7-8-22(11-12)14-3-4-14/h5-6,9,12-14,21H,1-4,7-8,10-11H2,(H,20,23)/t12-/m0/s1. The zero-order valence-electron chi connectivity index (χ0n) is 14.6. The van der Waals surface area contributed by atoms with E-state index in [2.05, 4.69) is 30.9 Å². The minimum absolute atomic E-state index is 0.0395. The molecule has 4 rings (SSSR count). The summed E-state index contributed by atoms with van der Waals surface area (Å²) in [5, 5.41) is 2.98. The summed E-state index contributed by atoms with van der Waals surface area (Å²) in [6.07, 6.45) is 5.48. The minimum Gasteiger partial charge on any atom is -0.352 e. The molecule has 1 aliphatic heterocycles. The molecule has 0 bridgehead atoms. The van der Waals surface area contributed by atoms with Crippen LogP contribution >= 0.6 is 15.9 Å². The number of nitrogens with zero attached hydrogens (tertiary/aromatic N) is 1. The molecular formula is C18H24BrN3O3S. The van der Waals surface area contributed by atoms with E-state index in [0.29, 0.717) is 22.5 Å². The predicted molar refractivity (Wildman–Crippen MR) is 103 cm³/mol. The first-order valence-electron chi connectivity index (χ1n) is 9.26. The Morgan fingerprint density at radius 2 is 1.96 bits per heavy atom. The van der Waals surface area contributed by atoms with Crippen molar-refractivity contribution in [1.82, 2.24) is 14.9 Å². The number of rotatable bonds is 7. The van der Waals surface area contributed by atoms with Crippen LogP contribution in [0.5, 0.6) is 0 Å². The third-order valence-electron chi connectivity index (χ3n) is 5.32. The fourth-order valence-electron chi connectivity index (χ4n) is 3.47. The van der Waals surface area contributed by atoms with Gasteiger partial charge in [0.2, 0.25) is 10.0 Å². The molecule has 26 heavy (non-hydrogen) atoms. The van der Waals surface area contributed by atoms with E-state index in [9.17, 15) is 13.2 Å². The normalized spacial score (nSPS) is 24.0. The maximum absolute atomic E-state index is 12.6. The van der Waals surface area contributed by atoms with E-state index >= 15 is 0 Å². The highest BCUT2D eigenvalue weighted by molar-refractivity contribution is 9.10. The molecule has 3 fully saturated rings. The number of hydrogen-bond acceptors (Lipinski definition) is 4. The summed E-state index contributed by atoms with van der Waals surface area (Å²) in [5.74, 6) is 0.243. The van der Waals surface area contributed by atoms with Crippen molar-refractivity contribution in [1.29, 1.82) is 0 Å². The van der Waals surface area contributed by atoms with Crippen LogP contribution in [0.4, 0.5) is 0 Å². The zero-order chi connectivity index (χ0) is 18.3. The molecule has 6 nitrogen and oxygen atoms in total. The van der Waals surface area contributed by atoms with Gasteiger partial charge in [-0.25, -0.2) is 13.1 Å². The van der Waals surface area contributed by atoms with Crippen molar-refractivity contribution in [3.63, 3.8) is 0 Å². The summed E-state index contributed by atoms with van der Waals surface area (Å²) in [4.78, 5) is 15.2. The number of benzene rings is 1. The summed E-state index contributed by atoms with van der Waals surface area (Å²) in [6, 6.07) is 5.41. The molecule has 1 atom stereocenters. The van der Waals surface area contributed by atoms with Crippen molar-refractivity contribution >= 4 is 31.9 Å². The number of hydrogen-bond donors (Lipinski definition) is 2. The lowest BCUT2D eigenvalue weighted by Crippen LogP contribution is -2.32. The highest BCUT2D eigenvalue weighted by Crippen LogP contribution is 2.31. The van der Waals surface area contributed by atoms with Gasteiger partial charge < -0.3 is 10.2 Å². The van der Waals surface area contributed by atoms with E-state index in [1.54, 1.807) is 6.07 Å². The Hall–Kier alpha value is -0.960. The van der Waals surface area contributed by atoms with Gasteiger partial charge in [0.05, 0.1) is 10.5 Å². The highest BCUT2D eigenvalue weighted by Gasteiger charge is 2.34. The van der Waals surface area contributed by atoms with Gasteiger partial charge >= 0.3 is 0 Å². The molecule has 0 radical (unpaired) electrons. The second-order valence-corrected chi connectivity index (χ2v) is 10.2. The Morgan fingerprint density at radius 1 is 1.19 bits per heavy atom. The summed E-state index contributed by atoms with van der Waals surface area (Å²) in [7, 11) is -3.57. The van der Waals surface area contributed by atoms with Crippen molar-refractivity contribution in [2.24, 2.45) is 5.92 Å². The van der Waals surface area contributed by atoms with E-state index in [4.69, 9.17) is 0 Å². The van der Waals surface area contributed by atoms with Gasteiger partial charge in [-0.15, -0.1) is 0 Å². The van der Waals surface area contributed by atoms with Crippen LogP contribution in [0, 0.1) is 5.92 Å². The average molecular weight is 442 g/mol. The lowest BCUT2D eigenvalue weighted by atomic mass is 10.1. The SMILES string of the molecule is O=C(NC[C@@H]1CCN(C2CC2)C1)c1cc(S(=O)(=O)NC2CC2)ccc1Br. The van der Waals surface area contributed by atoms with Crippen LogP contribution in [0.2, 0.25) is 0 Å². The number of carbonyl (C=O) groups is 1. The van der Waals surface area contributed by atoms with Crippen LogP contribution in [0.15, 0.2) is 27.6 Å². The van der Waals surface area contributed by atoms with Crippen LogP contribution in [-0.4, -0.2) is 50.9 Å². The van der Waals surface area contributed by atoms with Gasteiger partial charge in [-0.3, -0.25) is 4.79 Å². The predicted octanol–water partition coefficient (Wildman–Crippen LogP) is 2.10. The number of amides is 1. The summed E-state index contributed by atoms with van der Waals surface area (Å²) < 4.78 is 28.0. The van der Waals surface area contributed by atoms with E-state index in [1.807, 2.05) is 0 Å². The Morgan fingerprint density at radius 3 is 2.65 bits per heavy atom. The topological polar surface area (TPSA) is 78.5 Å². The Balaban J connectivity index is 1.39. The van der Waals surface area contributed by atoms with E-state index < -0.39 is 10.0 Å². The first-order chi connectivity index (χ1) is 12.4. The maximum Gasteiger partial charge on any atom is 0.252 e. The lowest BCUT2D eigenvalue weighted by molar-refractivity contribution is 0.0946. The molecular weight excluding hydrogens is 418 g/mol. The number of halogens is 1. The number of sulfonamides is 1. The van der Waals surface area contributed by atoms with Crippen LogP contribution < -0.4 is 10.0 Å². The molecule has 1 amide bonds. The van der Waals surface area contributed by atoms with Crippen LogP contribution in [0.3, 0.4) is 0 Å². The summed E-state index contributed by atoms with van der Waals surface area (Å²) in [5.41, 5.74) is 0.362. The first kappa shape index (κ1) is 18.4. The monoisotopic (exact) mass is 441 g/mol.